The van der Waals surface area contributed by atoms with Gasteiger partial charge in [-0.05, 0) is 24.1 Å². The summed E-state index contributed by atoms with van der Waals surface area (Å²) in [5.41, 5.74) is 8.36. The van der Waals surface area contributed by atoms with E-state index in [2.05, 4.69) is 20.3 Å². The average molecular weight is 456 g/mol. The molecule has 3 heterocycles. The maximum Gasteiger partial charge on any atom is 0.237 e. The summed E-state index contributed by atoms with van der Waals surface area (Å²) in [5, 5.41) is 12.8. The number of carbonyl (C=O) groups excluding carboxylic acids is 1. The molecule has 11 nitrogen and oxygen atoms in total. The maximum absolute atomic E-state index is 12.8. The minimum Gasteiger partial charge on any atom is -0.497 e. The first kappa shape index (κ1) is 22.9. The number of amides is 1. The summed E-state index contributed by atoms with van der Waals surface area (Å²) in [6, 6.07) is 6.29. The van der Waals surface area contributed by atoms with Crippen molar-refractivity contribution in [2.24, 2.45) is 5.73 Å². The molecule has 1 aliphatic heterocycles. The lowest BCUT2D eigenvalue weighted by Crippen LogP contribution is -2.49. The number of aromatic nitrogens is 4. The number of hydrogen-bond donors (Lipinski definition) is 3. The molecular weight excluding hydrogens is 426 g/mol. The number of nitrogens with zero attached hydrogens (tertiary/aromatic N) is 5. The van der Waals surface area contributed by atoms with Crippen LogP contribution >= 0.6 is 0 Å². The van der Waals surface area contributed by atoms with Gasteiger partial charge >= 0.3 is 0 Å². The molecule has 4 N–H and O–H groups in total. The van der Waals surface area contributed by atoms with Crippen LogP contribution in [0.15, 0.2) is 36.9 Å². The summed E-state index contributed by atoms with van der Waals surface area (Å²) in [6.07, 6.45) is 2.93. The molecule has 0 radical (unpaired) electrons. The fourth-order valence-corrected chi connectivity index (χ4v) is 4.00. The largest absolute Gasteiger partial charge is 0.497 e. The van der Waals surface area contributed by atoms with Crippen LogP contribution in [0.25, 0.3) is 11.2 Å². The number of aliphatic hydroxyl groups is 1. The number of aliphatic hydroxyl groups excluding tert-OH is 1. The van der Waals surface area contributed by atoms with Crippen molar-refractivity contribution in [1.29, 1.82) is 0 Å². The quantitative estimate of drug-likeness (QED) is 0.435. The SMILES string of the molecule is COc1ccc(C[C@H](N)C(=O)N[C@H]2C[C@H](n3cnc4c(N(C)C)ncnc43)O[C@@H]2CO)cc1. The Kier molecular flexibility index (Phi) is 6.72. The highest BCUT2D eigenvalue weighted by molar-refractivity contribution is 5.83. The number of ether oxygens (including phenoxy) is 2. The first-order valence-corrected chi connectivity index (χ1v) is 10.7. The van der Waals surface area contributed by atoms with Gasteiger partial charge in [0.25, 0.3) is 0 Å². The van der Waals surface area contributed by atoms with Gasteiger partial charge in [-0.2, -0.15) is 0 Å². The highest BCUT2D eigenvalue weighted by Crippen LogP contribution is 2.32. The predicted octanol–water partition coefficient (Wildman–Crippen LogP) is 0.236. The Bertz CT molecular complexity index is 1100. The molecule has 1 saturated heterocycles. The van der Waals surface area contributed by atoms with Crippen LogP contribution in [0.3, 0.4) is 0 Å². The van der Waals surface area contributed by atoms with Gasteiger partial charge in [-0.25, -0.2) is 15.0 Å². The molecule has 3 aromatic rings. The van der Waals surface area contributed by atoms with E-state index >= 15 is 0 Å². The Morgan fingerprint density at radius 2 is 2.09 bits per heavy atom. The van der Waals surface area contributed by atoms with E-state index in [1.165, 1.54) is 6.33 Å². The van der Waals surface area contributed by atoms with Crippen LogP contribution in [0, 0.1) is 0 Å². The summed E-state index contributed by atoms with van der Waals surface area (Å²) in [5.74, 6) is 1.14. The standard InChI is InChI=1S/C22H29N7O4/c1-28(2)20-19-21(25-11-24-20)29(12-26-19)18-9-16(17(10-30)33-18)27-22(31)15(23)8-13-4-6-14(32-3)7-5-13/h4-7,11-12,15-18,30H,8-10,23H2,1-3H3,(H,27,31)/t15-,16-,17+,18+/m0/s1. The van der Waals surface area contributed by atoms with Gasteiger partial charge in [0, 0.05) is 20.5 Å². The van der Waals surface area contributed by atoms with E-state index in [4.69, 9.17) is 15.2 Å². The number of anilines is 1. The van der Waals surface area contributed by atoms with Crippen molar-refractivity contribution in [3.63, 3.8) is 0 Å². The highest BCUT2D eigenvalue weighted by atomic mass is 16.5. The molecule has 11 heteroatoms. The monoisotopic (exact) mass is 455 g/mol. The molecule has 0 spiro atoms. The molecule has 33 heavy (non-hydrogen) atoms. The molecule has 176 valence electrons. The molecule has 4 rings (SSSR count). The summed E-state index contributed by atoms with van der Waals surface area (Å²) in [7, 11) is 5.37. The maximum atomic E-state index is 12.8. The van der Waals surface area contributed by atoms with Gasteiger partial charge in [-0.15, -0.1) is 0 Å². The number of nitrogens with one attached hydrogen (secondary N) is 1. The first-order valence-electron chi connectivity index (χ1n) is 10.7. The van der Waals surface area contributed by atoms with Crippen LogP contribution in [0.5, 0.6) is 5.75 Å². The number of hydrogen-bond acceptors (Lipinski definition) is 9. The molecule has 1 aromatic carbocycles. The van der Waals surface area contributed by atoms with Gasteiger partial charge in [0.2, 0.25) is 5.91 Å². The molecule has 2 aromatic heterocycles. The van der Waals surface area contributed by atoms with Crippen molar-refractivity contribution in [3.8, 4) is 5.75 Å². The molecule has 1 amide bonds. The lowest BCUT2D eigenvalue weighted by molar-refractivity contribution is -0.123. The molecule has 1 aliphatic rings. The van der Waals surface area contributed by atoms with Crippen LogP contribution in [0.2, 0.25) is 0 Å². The summed E-state index contributed by atoms with van der Waals surface area (Å²) in [6.45, 7) is -0.236. The van der Waals surface area contributed by atoms with E-state index in [0.29, 0.717) is 29.8 Å². The molecule has 1 fully saturated rings. The van der Waals surface area contributed by atoms with Crippen LogP contribution in [-0.4, -0.2) is 76.5 Å². The smallest absolute Gasteiger partial charge is 0.237 e. The van der Waals surface area contributed by atoms with E-state index < -0.39 is 24.4 Å². The number of nitrogens with two attached hydrogens (primary N) is 1. The molecule has 4 atom stereocenters. The second kappa shape index (κ2) is 9.69. The van der Waals surface area contributed by atoms with Crippen molar-refractivity contribution in [3.05, 3.63) is 42.5 Å². The zero-order valence-electron chi connectivity index (χ0n) is 18.9. The van der Waals surface area contributed by atoms with Gasteiger partial charge in [0.05, 0.1) is 32.1 Å². The molecule has 0 saturated carbocycles. The number of methoxy groups -OCH3 is 1. The van der Waals surface area contributed by atoms with Gasteiger partial charge in [0.15, 0.2) is 17.0 Å². The lowest BCUT2D eigenvalue weighted by atomic mass is 10.0. The van der Waals surface area contributed by atoms with Crippen LogP contribution in [0.1, 0.15) is 18.2 Å². The van der Waals surface area contributed by atoms with E-state index in [1.807, 2.05) is 43.3 Å². The van der Waals surface area contributed by atoms with Gasteiger partial charge in [-0.3, -0.25) is 9.36 Å². The third-order valence-corrected chi connectivity index (χ3v) is 5.77. The number of benzene rings is 1. The van der Waals surface area contributed by atoms with E-state index in [1.54, 1.807) is 18.0 Å². The Hall–Kier alpha value is -3.28. The van der Waals surface area contributed by atoms with E-state index in [-0.39, 0.29) is 12.5 Å². The summed E-state index contributed by atoms with van der Waals surface area (Å²) in [4.78, 5) is 27.7. The Labute approximate surface area is 191 Å². The molecule has 0 bridgehead atoms. The second-order valence-electron chi connectivity index (χ2n) is 8.24. The fraction of sp³-hybridized carbons (Fsp3) is 0.455. The Balaban J connectivity index is 1.44. The van der Waals surface area contributed by atoms with Crippen molar-refractivity contribution in [2.75, 3.05) is 32.7 Å². The summed E-state index contributed by atoms with van der Waals surface area (Å²) >= 11 is 0. The normalized spacial score (nSPS) is 21.2. The van der Waals surface area contributed by atoms with Crippen molar-refractivity contribution in [2.45, 2.75) is 37.3 Å². The lowest BCUT2D eigenvalue weighted by Gasteiger charge is -2.20. The van der Waals surface area contributed by atoms with Gasteiger partial charge in [-0.1, -0.05) is 12.1 Å². The number of fused-ring (bicyclic) bond motifs is 1. The zero-order valence-corrected chi connectivity index (χ0v) is 18.9. The second-order valence-corrected chi connectivity index (χ2v) is 8.24. The molecule has 0 unspecified atom stereocenters. The van der Waals surface area contributed by atoms with Crippen LogP contribution < -0.4 is 20.7 Å². The minimum atomic E-state index is -0.735. The van der Waals surface area contributed by atoms with Crippen molar-refractivity contribution in [1.82, 2.24) is 24.8 Å². The average Bonchev–Trinajstić information content (AvgIpc) is 3.42. The minimum absolute atomic E-state index is 0.236. The highest BCUT2D eigenvalue weighted by Gasteiger charge is 2.38. The third-order valence-electron chi connectivity index (χ3n) is 5.77. The van der Waals surface area contributed by atoms with Crippen molar-refractivity contribution < 1.29 is 19.4 Å². The Morgan fingerprint density at radius 3 is 2.76 bits per heavy atom. The van der Waals surface area contributed by atoms with Crippen molar-refractivity contribution >= 4 is 22.9 Å². The molecule has 0 aliphatic carbocycles. The van der Waals surface area contributed by atoms with E-state index in [0.717, 1.165) is 11.3 Å². The van der Waals surface area contributed by atoms with Crippen LogP contribution in [-0.2, 0) is 16.0 Å². The third kappa shape index (κ3) is 4.75. The number of carbonyl (C=O) groups is 1. The Morgan fingerprint density at radius 1 is 1.33 bits per heavy atom. The predicted molar refractivity (Wildman–Crippen MR) is 122 cm³/mol. The van der Waals surface area contributed by atoms with Gasteiger partial charge < -0.3 is 30.5 Å². The van der Waals surface area contributed by atoms with Gasteiger partial charge in [0.1, 0.15) is 24.4 Å². The molecular formula is C22H29N7O4. The number of rotatable bonds is 8. The number of imidazole rings is 1. The zero-order chi connectivity index (χ0) is 23.5. The van der Waals surface area contributed by atoms with E-state index in [9.17, 15) is 9.90 Å². The summed E-state index contributed by atoms with van der Waals surface area (Å²) < 4.78 is 13.0. The first-order chi connectivity index (χ1) is 15.9. The topological polar surface area (TPSA) is 141 Å². The van der Waals surface area contributed by atoms with Crippen LogP contribution in [0.4, 0.5) is 5.82 Å². The fourth-order valence-electron chi connectivity index (χ4n) is 4.00.